The number of carboxylic acids is 1. The van der Waals surface area contributed by atoms with Crippen molar-refractivity contribution < 1.29 is 75.6 Å². The SMILES string of the molecule is O=C([O-])C1OC1C(=O)OCc1ccccc1.[K+]. The standard InChI is InChI=1S/C11H10O5.K/c12-10(13)8-9(16-8)11(14)15-6-7-4-2-1-3-5-7;/h1-5,8-9H,6H2,(H,12,13);/q;+1/p-1. The van der Waals surface area contributed by atoms with Gasteiger partial charge in [0.15, 0.2) is 6.10 Å². The van der Waals surface area contributed by atoms with Gasteiger partial charge in [0.2, 0.25) is 0 Å². The first-order chi connectivity index (χ1) is 7.68. The van der Waals surface area contributed by atoms with Crippen LogP contribution in [0.25, 0.3) is 0 Å². The van der Waals surface area contributed by atoms with Gasteiger partial charge in [-0.1, -0.05) is 30.3 Å². The maximum Gasteiger partial charge on any atom is 1.00 e. The molecule has 0 aromatic heterocycles. The van der Waals surface area contributed by atoms with E-state index in [9.17, 15) is 14.7 Å². The van der Waals surface area contributed by atoms with Crippen molar-refractivity contribution in [2.24, 2.45) is 0 Å². The van der Waals surface area contributed by atoms with Crippen LogP contribution in [-0.2, 0) is 25.7 Å². The first-order valence-corrected chi connectivity index (χ1v) is 4.75. The fourth-order valence-corrected chi connectivity index (χ4v) is 1.28. The Labute approximate surface area is 141 Å². The van der Waals surface area contributed by atoms with Crippen molar-refractivity contribution in [2.75, 3.05) is 0 Å². The summed E-state index contributed by atoms with van der Waals surface area (Å²) in [6.45, 7) is 0.110. The molecular formula is C11H9KO5. The summed E-state index contributed by atoms with van der Waals surface area (Å²) in [5, 5.41) is 10.3. The molecule has 84 valence electrons. The molecule has 1 heterocycles. The number of rotatable bonds is 4. The molecule has 0 bridgehead atoms. The molecule has 0 amide bonds. The number of aliphatic carboxylic acids is 1. The minimum absolute atomic E-state index is 0. The van der Waals surface area contributed by atoms with Crippen LogP contribution < -0.4 is 56.5 Å². The van der Waals surface area contributed by atoms with Crippen LogP contribution in [0.4, 0.5) is 0 Å². The van der Waals surface area contributed by atoms with E-state index in [2.05, 4.69) is 4.74 Å². The van der Waals surface area contributed by atoms with E-state index in [1.165, 1.54) is 0 Å². The largest absolute Gasteiger partial charge is 1.00 e. The minimum Gasteiger partial charge on any atom is -0.547 e. The van der Waals surface area contributed by atoms with Crippen LogP contribution in [0.1, 0.15) is 5.56 Å². The second-order valence-corrected chi connectivity index (χ2v) is 3.39. The minimum atomic E-state index is -1.39. The summed E-state index contributed by atoms with van der Waals surface area (Å²) in [4.78, 5) is 21.6. The summed E-state index contributed by atoms with van der Waals surface area (Å²) in [5.74, 6) is -2.06. The van der Waals surface area contributed by atoms with Gasteiger partial charge in [-0.05, 0) is 5.56 Å². The maximum absolute atomic E-state index is 11.3. The Hall–Kier alpha value is -0.244. The third kappa shape index (κ3) is 4.16. The zero-order chi connectivity index (χ0) is 11.5. The Morgan fingerprint density at radius 1 is 1.24 bits per heavy atom. The van der Waals surface area contributed by atoms with Gasteiger partial charge in [-0.15, -0.1) is 0 Å². The van der Waals surface area contributed by atoms with Crippen molar-refractivity contribution >= 4 is 11.9 Å². The summed E-state index contributed by atoms with van der Waals surface area (Å²) in [6, 6.07) is 9.09. The van der Waals surface area contributed by atoms with E-state index in [1.807, 2.05) is 18.2 Å². The van der Waals surface area contributed by atoms with Crippen LogP contribution in [0.3, 0.4) is 0 Å². The monoisotopic (exact) mass is 260 g/mol. The molecule has 1 aliphatic rings. The zero-order valence-corrected chi connectivity index (χ0v) is 12.4. The summed E-state index contributed by atoms with van der Waals surface area (Å²) in [7, 11) is 0. The molecule has 2 unspecified atom stereocenters. The molecule has 2 rings (SSSR count). The molecule has 0 N–H and O–H groups in total. The van der Waals surface area contributed by atoms with Crippen molar-refractivity contribution in [2.45, 2.75) is 18.8 Å². The van der Waals surface area contributed by atoms with Crippen molar-refractivity contribution in [1.82, 2.24) is 0 Å². The Kier molecular flexibility index (Phi) is 5.77. The maximum atomic E-state index is 11.3. The second kappa shape index (κ2) is 6.63. The summed E-state index contributed by atoms with van der Waals surface area (Å²) < 4.78 is 9.47. The molecule has 0 radical (unpaired) electrons. The number of esters is 1. The van der Waals surface area contributed by atoms with E-state index in [4.69, 9.17) is 4.74 Å². The normalized spacial score (nSPS) is 21.2. The van der Waals surface area contributed by atoms with E-state index in [0.29, 0.717) is 0 Å². The number of ether oxygens (including phenoxy) is 2. The second-order valence-electron chi connectivity index (χ2n) is 3.39. The summed E-state index contributed by atoms with van der Waals surface area (Å²) in [5.41, 5.74) is 0.835. The average molecular weight is 260 g/mol. The van der Waals surface area contributed by atoms with Crippen LogP contribution in [0.2, 0.25) is 0 Å². The number of carbonyl (C=O) groups is 2. The molecule has 0 aliphatic carbocycles. The summed E-state index contributed by atoms with van der Waals surface area (Å²) in [6.07, 6.45) is -2.16. The molecule has 17 heavy (non-hydrogen) atoms. The van der Waals surface area contributed by atoms with Gasteiger partial charge in [0.05, 0.1) is 5.97 Å². The predicted octanol–water partition coefficient (Wildman–Crippen LogP) is -3.75. The van der Waals surface area contributed by atoms with Crippen LogP contribution >= 0.6 is 0 Å². The first kappa shape index (κ1) is 14.8. The number of hydrogen-bond donors (Lipinski definition) is 0. The van der Waals surface area contributed by atoms with E-state index in [1.54, 1.807) is 12.1 Å². The number of epoxide rings is 1. The van der Waals surface area contributed by atoms with Crippen LogP contribution in [0, 0.1) is 0 Å². The van der Waals surface area contributed by atoms with Crippen molar-refractivity contribution in [1.29, 1.82) is 0 Å². The molecule has 1 saturated heterocycles. The number of carboxylic acid groups (broad SMARTS) is 1. The van der Waals surface area contributed by atoms with Gasteiger partial charge in [-0.2, -0.15) is 0 Å². The molecular weight excluding hydrogens is 251 g/mol. The van der Waals surface area contributed by atoms with Crippen LogP contribution in [0.5, 0.6) is 0 Å². The van der Waals surface area contributed by atoms with E-state index in [0.717, 1.165) is 5.56 Å². The Morgan fingerprint density at radius 2 is 1.88 bits per heavy atom. The van der Waals surface area contributed by atoms with E-state index < -0.39 is 24.1 Å². The Bertz CT molecular complexity index is 406. The molecule has 1 fully saturated rings. The van der Waals surface area contributed by atoms with Gasteiger partial charge in [-0.3, -0.25) is 0 Å². The number of carbonyl (C=O) groups excluding carboxylic acids is 2. The van der Waals surface area contributed by atoms with Gasteiger partial charge in [0, 0.05) is 0 Å². The number of benzene rings is 1. The topological polar surface area (TPSA) is 79.0 Å². The van der Waals surface area contributed by atoms with E-state index in [-0.39, 0.29) is 58.0 Å². The third-order valence-electron chi connectivity index (χ3n) is 2.18. The Morgan fingerprint density at radius 3 is 2.41 bits per heavy atom. The van der Waals surface area contributed by atoms with Gasteiger partial charge < -0.3 is 19.4 Å². The molecule has 1 aromatic carbocycles. The van der Waals surface area contributed by atoms with Crippen molar-refractivity contribution in [3.63, 3.8) is 0 Å². The molecule has 1 aliphatic heterocycles. The zero-order valence-electron chi connectivity index (χ0n) is 9.29. The molecule has 6 heteroatoms. The van der Waals surface area contributed by atoms with Crippen LogP contribution in [0.15, 0.2) is 30.3 Å². The summed E-state index contributed by atoms with van der Waals surface area (Å²) >= 11 is 0. The molecule has 5 nitrogen and oxygen atoms in total. The first-order valence-electron chi connectivity index (χ1n) is 4.75. The fraction of sp³-hybridized carbons (Fsp3) is 0.273. The smallest absolute Gasteiger partial charge is 0.547 e. The van der Waals surface area contributed by atoms with Gasteiger partial charge in [0.25, 0.3) is 0 Å². The fourth-order valence-electron chi connectivity index (χ4n) is 1.28. The average Bonchev–Trinajstić information content (AvgIpc) is 3.07. The van der Waals surface area contributed by atoms with Crippen LogP contribution in [-0.4, -0.2) is 24.1 Å². The predicted molar refractivity (Wildman–Crippen MR) is 49.9 cm³/mol. The van der Waals surface area contributed by atoms with Crippen molar-refractivity contribution in [3.05, 3.63) is 35.9 Å². The van der Waals surface area contributed by atoms with Gasteiger partial charge >= 0.3 is 57.4 Å². The third-order valence-corrected chi connectivity index (χ3v) is 2.18. The molecule has 1 aromatic rings. The molecule has 0 saturated carbocycles. The van der Waals surface area contributed by atoms with Crippen molar-refractivity contribution in [3.8, 4) is 0 Å². The molecule has 2 atom stereocenters. The van der Waals surface area contributed by atoms with Gasteiger partial charge in [-0.25, -0.2) is 4.79 Å². The number of hydrogen-bond acceptors (Lipinski definition) is 5. The van der Waals surface area contributed by atoms with Gasteiger partial charge in [0.1, 0.15) is 12.7 Å². The van der Waals surface area contributed by atoms with E-state index >= 15 is 0 Å². The Balaban J connectivity index is 0.00000144. The quantitative estimate of drug-likeness (QED) is 0.316. The molecule has 0 spiro atoms.